The zero-order valence-corrected chi connectivity index (χ0v) is 15.6. The molecule has 26 heavy (non-hydrogen) atoms. The summed E-state index contributed by atoms with van der Waals surface area (Å²) in [5.41, 5.74) is 4.05. The molecule has 1 aliphatic heterocycles. The van der Waals surface area contributed by atoms with E-state index >= 15 is 0 Å². The second-order valence-electron chi connectivity index (χ2n) is 6.76. The number of amides is 1. The number of nitrogens with zero attached hydrogens (tertiary/aromatic N) is 2. The number of Topliss-reactive ketones (excluding diaryl/α,β-unsaturated/α-hetero) is 1. The van der Waals surface area contributed by atoms with E-state index in [1.807, 2.05) is 30.2 Å². The van der Waals surface area contributed by atoms with Crippen LogP contribution in [-0.2, 0) is 6.42 Å². The minimum absolute atomic E-state index is 0. The van der Waals surface area contributed by atoms with Crippen molar-refractivity contribution in [3.63, 3.8) is 0 Å². The lowest BCUT2D eigenvalue weighted by atomic mass is 9.93. The molecule has 0 radical (unpaired) electrons. The van der Waals surface area contributed by atoms with Crippen LogP contribution in [0.4, 0.5) is 0 Å². The van der Waals surface area contributed by atoms with Gasteiger partial charge in [0.2, 0.25) is 0 Å². The molecule has 1 amide bonds. The number of aromatic nitrogens is 2. The molecule has 0 aromatic carbocycles. The first-order valence-corrected chi connectivity index (χ1v) is 8.83. The number of ketones is 1. The molecule has 0 bridgehead atoms. The number of halogens is 1. The van der Waals surface area contributed by atoms with Crippen LogP contribution in [0.5, 0.6) is 0 Å². The lowest BCUT2D eigenvalue weighted by molar-refractivity contribution is 0.0627. The molecule has 138 valence electrons. The molecule has 0 saturated carbocycles. The number of piperazine rings is 1. The van der Waals surface area contributed by atoms with E-state index in [0.717, 1.165) is 41.8 Å². The average molecular weight is 375 g/mol. The summed E-state index contributed by atoms with van der Waals surface area (Å²) < 4.78 is 0. The smallest absolute Gasteiger partial charge is 0.271 e. The van der Waals surface area contributed by atoms with E-state index in [9.17, 15) is 9.59 Å². The molecule has 4 rings (SSSR count). The van der Waals surface area contributed by atoms with Crippen LogP contribution in [0.15, 0.2) is 24.5 Å². The van der Waals surface area contributed by atoms with Crippen molar-refractivity contribution in [2.45, 2.75) is 32.2 Å². The maximum Gasteiger partial charge on any atom is 0.271 e. The van der Waals surface area contributed by atoms with E-state index in [2.05, 4.69) is 15.3 Å². The van der Waals surface area contributed by atoms with Crippen molar-refractivity contribution >= 4 is 24.1 Å². The summed E-state index contributed by atoms with van der Waals surface area (Å²) in [6, 6.07) is 3.84. The summed E-state index contributed by atoms with van der Waals surface area (Å²) in [5.74, 6) is 0.119. The Labute approximate surface area is 158 Å². The van der Waals surface area contributed by atoms with Gasteiger partial charge in [-0.15, -0.1) is 12.4 Å². The van der Waals surface area contributed by atoms with E-state index in [1.54, 1.807) is 6.20 Å². The molecule has 1 aliphatic carbocycles. The summed E-state index contributed by atoms with van der Waals surface area (Å²) in [5, 5.41) is 3.35. The molecular weight excluding hydrogens is 352 g/mol. The van der Waals surface area contributed by atoms with E-state index in [0.29, 0.717) is 25.2 Å². The van der Waals surface area contributed by atoms with Crippen LogP contribution in [0.25, 0.3) is 0 Å². The van der Waals surface area contributed by atoms with Gasteiger partial charge in [0.05, 0.1) is 6.04 Å². The zero-order chi connectivity index (χ0) is 17.4. The van der Waals surface area contributed by atoms with Crippen molar-refractivity contribution in [3.05, 3.63) is 52.6 Å². The Morgan fingerprint density at radius 2 is 2.19 bits per heavy atom. The van der Waals surface area contributed by atoms with Crippen LogP contribution in [0, 0.1) is 6.92 Å². The Morgan fingerprint density at radius 1 is 1.35 bits per heavy atom. The van der Waals surface area contributed by atoms with Gasteiger partial charge in [-0.3, -0.25) is 14.6 Å². The molecule has 2 aliphatic rings. The first kappa shape index (κ1) is 18.6. The summed E-state index contributed by atoms with van der Waals surface area (Å²) >= 11 is 0. The molecule has 1 saturated heterocycles. The van der Waals surface area contributed by atoms with Crippen molar-refractivity contribution in [2.75, 3.05) is 19.6 Å². The van der Waals surface area contributed by atoms with Crippen LogP contribution in [0.1, 0.15) is 56.6 Å². The van der Waals surface area contributed by atoms with Crippen molar-refractivity contribution in [1.82, 2.24) is 20.2 Å². The highest BCUT2D eigenvalue weighted by atomic mass is 35.5. The fourth-order valence-corrected chi connectivity index (χ4v) is 3.95. The van der Waals surface area contributed by atoms with Gasteiger partial charge in [-0.25, -0.2) is 0 Å². The quantitative estimate of drug-likeness (QED) is 0.846. The van der Waals surface area contributed by atoms with Crippen molar-refractivity contribution in [1.29, 1.82) is 0 Å². The lowest BCUT2D eigenvalue weighted by Gasteiger charge is -2.36. The Morgan fingerprint density at radius 3 is 2.92 bits per heavy atom. The number of aryl methyl sites for hydroxylation is 1. The Bertz CT molecular complexity index is 818. The number of fused-ring (bicyclic) bond motifs is 1. The van der Waals surface area contributed by atoms with Gasteiger partial charge in [-0.2, -0.15) is 0 Å². The van der Waals surface area contributed by atoms with Crippen LogP contribution < -0.4 is 5.32 Å². The number of H-pyrrole nitrogens is 1. The van der Waals surface area contributed by atoms with Crippen molar-refractivity contribution in [3.8, 4) is 0 Å². The van der Waals surface area contributed by atoms with Gasteiger partial charge in [0.15, 0.2) is 5.78 Å². The fourth-order valence-electron chi connectivity index (χ4n) is 3.95. The molecule has 2 aromatic rings. The van der Waals surface area contributed by atoms with Gasteiger partial charge in [0, 0.05) is 49.7 Å². The average Bonchev–Trinajstić information content (AvgIpc) is 3.00. The number of carbonyl (C=O) groups excluding carboxylic acids is 2. The predicted octanol–water partition coefficient (Wildman–Crippen LogP) is 2.45. The van der Waals surface area contributed by atoms with E-state index in [1.165, 1.54) is 0 Å². The fraction of sp³-hybridized carbons (Fsp3) is 0.421. The van der Waals surface area contributed by atoms with Crippen LogP contribution in [0.3, 0.4) is 0 Å². The molecule has 6 nitrogen and oxygen atoms in total. The topological polar surface area (TPSA) is 78.1 Å². The number of pyridine rings is 1. The Balaban J connectivity index is 0.00000196. The molecule has 2 N–H and O–H groups in total. The largest absolute Gasteiger partial charge is 0.354 e. The summed E-state index contributed by atoms with van der Waals surface area (Å²) in [6.45, 7) is 3.99. The molecular formula is C19H23ClN4O2. The first-order chi connectivity index (χ1) is 12.2. The highest BCUT2D eigenvalue weighted by Crippen LogP contribution is 2.29. The second kappa shape index (κ2) is 7.60. The number of hydrogen-bond donors (Lipinski definition) is 2. The van der Waals surface area contributed by atoms with Gasteiger partial charge in [-0.1, -0.05) is 6.07 Å². The normalized spacial score (nSPS) is 19.7. The van der Waals surface area contributed by atoms with Crippen LogP contribution in [-0.4, -0.2) is 46.2 Å². The second-order valence-corrected chi connectivity index (χ2v) is 6.76. The minimum Gasteiger partial charge on any atom is -0.354 e. The van der Waals surface area contributed by atoms with E-state index < -0.39 is 0 Å². The molecule has 1 atom stereocenters. The summed E-state index contributed by atoms with van der Waals surface area (Å²) in [7, 11) is 0. The summed E-state index contributed by atoms with van der Waals surface area (Å²) in [6.07, 6.45) is 5.81. The van der Waals surface area contributed by atoms with Gasteiger partial charge in [0.1, 0.15) is 5.69 Å². The minimum atomic E-state index is -0.0506. The molecule has 1 fully saturated rings. The lowest BCUT2D eigenvalue weighted by Crippen LogP contribution is -2.49. The monoisotopic (exact) mass is 374 g/mol. The van der Waals surface area contributed by atoms with Gasteiger partial charge in [0.25, 0.3) is 5.91 Å². The van der Waals surface area contributed by atoms with Gasteiger partial charge in [-0.05, 0) is 37.0 Å². The SMILES string of the molecule is Cc1c(C(=O)N2CCNCC2c2cccnc2)[nH]c2c1C(=O)CCC2.Cl. The third-order valence-electron chi connectivity index (χ3n) is 5.22. The molecule has 7 heteroatoms. The van der Waals surface area contributed by atoms with E-state index in [4.69, 9.17) is 0 Å². The molecule has 0 spiro atoms. The third-order valence-corrected chi connectivity index (χ3v) is 5.22. The third kappa shape index (κ3) is 3.15. The standard InChI is InChI=1S/C19H22N4O2.ClH/c1-12-17-14(5-2-6-16(17)24)22-18(12)19(25)23-9-8-21-11-15(23)13-4-3-7-20-10-13;/h3-4,7,10,15,21-22H,2,5-6,8-9,11H2,1H3;1H. The van der Waals surface area contributed by atoms with Crippen molar-refractivity contribution < 1.29 is 9.59 Å². The predicted molar refractivity (Wildman–Crippen MR) is 101 cm³/mol. The molecule has 1 unspecified atom stereocenters. The van der Waals surface area contributed by atoms with Gasteiger partial charge < -0.3 is 15.2 Å². The Kier molecular flexibility index (Phi) is 5.44. The highest BCUT2D eigenvalue weighted by Gasteiger charge is 2.33. The number of aromatic amines is 1. The highest BCUT2D eigenvalue weighted by molar-refractivity contribution is 6.04. The van der Waals surface area contributed by atoms with Crippen LogP contribution in [0.2, 0.25) is 0 Å². The van der Waals surface area contributed by atoms with Gasteiger partial charge >= 0.3 is 0 Å². The summed E-state index contributed by atoms with van der Waals surface area (Å²) in [4.78, 5) is 34.8. The number of rotatable bonds is 2. The van der Waals surface area contributed by atoms with Crippen molar-refractivity contribution in [2.24, 2.45) is 0 Å². The molecule has 2 aromatic heterocycles. The van der Waals surface area contributed by atoms with Crippen LogP contribution >= 0.6 is 12.4 Å². The Hall–Kier alpha value is -2.18. The maximum absolute atomic E-state index is 13.3. The molecule has 3 heterocycles. The zero-order valence-electron chi connectivity index (χ0n) is 14.7. The maximum atomic E-state index is 13.3. The number of nitrogens with one attached hydrogen (secondary N) is 2. The first-order valence-electron chi connectivity index (χ1n) is 8.83. The number of hydrogen-bond acceptors (Lipinski definition) is 4. The number of carbonyl (C=O) groups is 2. The van der Waals surface area contributed by atoms with E-state index in [-0.39, 0.29) is 30.1 Å².